The quantitative estimate of drug-likeness (QED) is 0.669. The first-order valence-electron chi connectivity index (χ1n) is 7.05. The van der Waals surface area contributed by atoms with Crippen molar-refractivity contribution < 1.29 is 4.79 Å². The molecule has 0 atom stereocenters. The number of carbonyl (C=O) groups is 1. The van der Waals surface area contributed by atoms with Gasteiger partial charge in [-0.2, -0.15) is 0 Å². The lowest BCUT2D eigenvalue weighted by Gasteiger charge is -2.24. The van der Waals surface area contributed by atoms with Crippen LogP contribution in [-0.4, -0.2) is 5.78 Å². The third-order valence-corrected chi connectivity index (χ3v) is 4.31. The molecule has 0 aromatic heterocycles. The molecule has 0 N–H and O–H groups in total. The van der Waals surface area contributed by atoms with E-state index in [0.717, 1.165) is 40.3 Å². The van der Waals surface area contributed by atoms with Crippen LogP contribution >= 0.6 is 0 Å². The summed E-state index contributed by atoms with van der Waals surface area (Å²) in [6.07, 6.45) is 7.05. The standard InChI is InChI=1S/C19H15O/c1-12-6-8-16-14(10-12)7-9-17-15-5-3-2-4-13(15)11-18(20)19(16)17/h3,5-10H,1-2,4,11H2. The molecule has 0 unspecified atom stereocenters. The summed E-state index contributed by atoms with van der Waals surface area (Å²) in [6, 6.07) is 10.3. The molecular weight excluding hydrogens is 244 g/mol. The lowest BCUT2D eigenvalue weighted by molar-refractivity contribution is 0.0992. The van der Waals surface area contributed by atoms with Crippen molar-refractivity contribution in [1.82, 2.24) is 0 Å². The molecule has 2 aliphatic rings. The van der Waals surface area contributed by atoms with Crippen LogP contribution < -0.4 is 0 Å². The highest BCUT2D eigenvalue weighted by Crippen LogP contribution is 2.39. The molecule has 0 fully saturated rings. The molecule has 1 radical (unpaired) electrons. The van der Waals surface area contributed by atoms with Crippen LogP contribution in [0.25, 0.3) is 16.3 Å². The Bertz CT molecular complexity index is 806. The zero-order valence-electron chi connectivity index (χ0n) is 11.3. The Morgan fingerprint density at radius 1 is 1.10 bits per heavy atom. The fraction of sp³-hybridized carbons (Fsp3) is 0.158. The van der Waals surface area contributed by atoms with Crippen molar-refractivity contribution in [2.75, 3.05) is 0 Å². The Kier molecular flexibility index (Phi) is 2.43. The van der Waals surface area contributed by atoms with E-state index in [0.29, 0.717) is 6.42 Å². The maximum atomic E-state index is 12.6. The minimum absolute atomic E-state index is 0.261. The van der Waals surface area contributed by atoms with Gasteiger partial charge in [0.2, 0.25) is 0 Å². The molecule has 0 amide bonds. The lowest BCUT2D eigenvalue weighted by atomic mass is 9.79. The Balaban J connectivity index is 2.07. The van der Waals surface area contributed by atoms with Crippen molar-refractivity contribution in [1.29, 1.82) is 0 Å². The SMILES string of the molecule is [CH2]c1ccc2c3c(ccc2c1)C1=C(CCC=C1)CC3=O. The average Bonchev–Trinajstić information content (AvgIpc) is 2.46. The minimum atomic E-state index is 0.261. The van der Waals surface area contributed by atoms with Crippen LogP contribution in [0.4, 0.5) is 0 Å². The topological polar surface area (TPSA) is 17.1 Å². The summed E-state index contributed by atoms with van der Waals surface area (Å²) in [4.78, 5) is 12.6. The molecule has 0 spiro atoms. The third-order valence-electron chi connectivity index (χ3n) is 4.31. The van der Waals surface area contributed by atoms with E-state index in [4.69, 9.17) is 0 Å². The summed E-state index contributed by atoms with van der Waals surface area (Å²) in [7, 11) is 0. The molecule has 0 aliphatic heterocycles. The minimum Gasteiger partial charge on any atom is -0.294 e. The van der Waals surface area contributed by atoms with Gasteiger partial charge in [-0.05, 0) is 47.2 Å². The van der Waals surface area contributed by atoms with E-state index < -0.39 is 0 Å². The van der Waals surface area contributed by atoms with Crippen molar-refractivity contribution >= 4 is 22.1 Å². The van der Waals surface area contributed by atoms with Crippen molar-refractivity contribution in [3.63, 3.8) is 0 Å². The summed E-state index contributed by atoms with van der Waals surface area (Å²) in [6.45, 7) is 3.96. The van der Waals surface area contributed by atoms with Crippen molar-refractivity contribution in [3.05, 3.63) is 71.7 Å². The van der Waals surface area contributed by atoms with Gasteiger partial charge in [0.05, 0.1) is 0 Å². The van der Waals surface area contributed by atoms with Crippen LogP contribution in [0.5, 0.6) is 0 Å². The smallest absolute Gasteiger partial charge is 0.168 e. The molecular formula is C19H15O. The Morgan fingerprint density at radius 3 is 2.90 bits per heavy atom. The van der Waals surface area contributed by atoms with E-state index in [1.807, 2.05) is 18.2 Å². The number of fused-ring (bicyclic) bond motifs is 4. The van der Waals surface area contributed by atoms with Gasteiger partial charge in [0, 0.05) is 12.0 Å². The molecule has 0 saturated heterocycles. The highest BCUT2D eigenvalue weighted by molar-refractivity contribution is 6.16. The van der Waals surface area contributed by atoms with Gasteiger partial charge in [-0.3, -0.25) is 4.79 Å². The van der Waals surface area contributed by atoms with E-state index >= 15 is 0 Å². The Morgan fingerprint density at radius 2 is 2.00 bits per heavy atom. The number of hydrogen-bond donors (Lipinski definition) is 0. The summed E-state index contributed by atoms with van der Waals surface area (Å²) in [5.41, 5.74) is 5.56. The highest BCUT2D eigenvalue weighted by Gasteiger charge is 2.26. The summed E-state index contributed by atoms with van der Waals surface area (Å²) in [5.74, 6) is 0.261. The van der Waals surface area contributed by atoms with Crippen LogP contribution in [0, 0.1) is 6.92 Å². The van der Waals surface area contributed by atoms with Gasteiger partial charge in [-0.15, -0.1) is 0 Å². The second kappa shape index (κ2) is 4.17. The van der Waals surface area contributed by atoms with E-state index in [1.54, 1.807) is 0 Å². The molecule has 0 heterocycles. The molecule has 20 heavy (non-hydrogen) atoms. The molecule has 1 heteroatoms. The number of Topliss-reactive ketones (excluding diaryl/α,β-unsaturated/α-hetero) is 1. The fourth-order valence-electron chi connectivity index (χ4n) is 3.36. The molecule has 1 nitrogen and oxygen atoms in total. The van der Waals surface area contributed by atoms with E-state index in [9.17, 15) is 4.79 Å². The number of ketones is 1. The molecule has 0 saturated carbocycles. The first-order chi connectivity index (χ1) is 9.74. The number of benzene rings is 2. The molecule has 97 valence electrons. The van der Waals surface area contributed by atoms with Crippen LogP contribution in [0.1, 0.15) is 40.7 Å². The number of hydrogen-bond acceptors (Lipinski definition) is 1. The zero-order chi connectivity index (χ0) is 13.7. The van der Waals surface area contributed by atoms with E-state index in [2.05, 4.69) is 31.2 Å². The predicted molar refractivity (Wildman–Crippen MR) is 82.6 cm³/mol. The number of carbonyl (C=O) groups excluding carboxylic acids is 1. The molecule has 2 aromatic rings. The number of allylic oxidation sites excluding steroid dienone is 4. The molecule has 2 aromatic carbocycles. The van der Waals surface area contributed by atoms with Crippen LogP contribution in [0.15, 0.2) is 48.1 Å². The summed E-state index contributed by atoms with van der Waals surface area (Å²) >= 11 is 0. The first kappa shape index (κ1) is 11.7. The van der Waals surface area contributed by atoms with Gasteiger partial charge in [0.15, 0.2) is 5.78 Å². The fourth-order valence-corrected chi connectivity index (χ4v) is 3.36. The Hall–Kier alpha value is -2.15. The predicted octanol–water partition coefficient (Wildman–Crippen LogP) is 4.71. The molecule has 4 rings (SSSR count). The van der Waals surface area contributed by atoms with Gasteiger partial charge < -0.3 is 0 Å². The van der Waals surface area contributed by atoms with Crippen molar-refractivity contribution in [3.8, 4) is 0 Å². The maximum absolute atomic E-state index is 12.6. The highest BCUT2D eigenvalue weighted by atomic mass is 16.1. The second-order valence-corrected chi connectivity index (χ2v) is 5.60. The first-order valence-corrected chi connectivity index (χ1v) is 7.05. The second-order valence-electron chi connectivity index (χ2n) is 5.60. The normalized spacial score (nSPS) is 17.4. The summed E-state index contributed by atoms with van der Waals surface area (Å²) < 4.78 is 0. The van der Waals surface area contributed by atoms with Gasteiger partial charge in [-0.1, -0.05) is 48.1 Å². The largest absolute Gasteiger partial charge is 0.294 e. The Labute approximate surface area is 118 Å². The zero-order valence-corrected chi connectivity index (χ0v) is 11.3. The monoisotopic (exact) mass is 259 g/mol. The van der Waals surface area contributed by atoms with Crippen LogP contribution in [-0.2, 0) is 0 Å². The van der Waals surface area contributed by atoms with Gasteiger partial charge in [-0.25, -0.2) is 0 Å². The lowest BCUT2D eigenvalue weighted by Crippen LogP contribution is -2.13. The van der Waals surface area contributed by atoms with E-state index in [-0.39, 0.29) is 5.78 Å². The third kappa shape index (κ3) is 1.59. The van der Waals surface area contributed by atoms with Gasteiger partial charge in [0.1, 0.15) is 0 Å². The molecule has 2 aliphatic carbocycles. The van der Waals surface area contributed by atoms with E-state index in [1.165, 1.54) is 11.1 Å². The van der Waals surface area contributed by atoms with Crippen LogP contribution in [0.3, 0.4) is 0 Å². The summed E-state index contributed by atoms with van der Waals surface area (Å²) in [5, 5.41) is 2.17. The number of rotatable bonds is 0. The molecule has 0 bridgehead atoms. The van der Waals surface area contributed by atoms with Crippen molar-refractivity contribution in [2.24, 2.45) is 0 Å². The van der Waals surface area contributed by atoms with Crippen molar-refractivity contribution in [2.45, 2.75) is 19.3 Å². The van der Waals surface area contributed by atoms with Crippen LogP contribution in [0.2, 0.25) is 0 Å². The maximum Gasteiger partial charge on any atom is 0.168 e. The van der Waals surface area contributed by atoms with Gasteiger partial charge >= 0.3 is 0 Å². The van der Waals surface area contributed by atoms with Gasteiger partial charge in [0.25, 0.3) is 0 Å². The average molecular weight is 259 g/mol.